The van der Waals surface area contributed by atoms with Gasteiger partial charge in [-0.3, -0.25) is 4.79 Å². The van der Waals surface area contributed by atoms with Crippen molar-refractivity contribution >= 4 is 21.6 Å². The van der Waals surface area contributed by atoms with Crippen LogP contribution in [0.4, 0.5) is 5.69 Å². The van der Waals surface area contributed by atoms with Crippen LogP contribution in [-0.4, -0.2) is 35.2 Å². The third-order valence-electron chi connectivity index (χ3n) is 3.45. The van der Waals surface area contributed by atoms with E-state index in [2.05, 4.69) is 5.32 Å². The SMILES string of the molecule is CCOc1ccc(C(=O)Nc2ccc(OC)c(S(N)(=O)=O)c2)cc1OC. The van der Waals surface area contributed by atoms with Crippen molar-refractivity contribution in [1.82, 2.24) is 0 Å². The Hall–Kier alpha value is -2.78. The van der Waals surface area contributed by atoms with Gasteiger partial charge in [-0.15, -0.1) is 0 Å². The molecule has 2 rings (SSSR count). The molecule has 0 aliphatic heterocycles. The van der Waals surface area contributed by atoms with Gasteiger partial charge in [-0.25, -0.2) is 13.6 Å². The highest BCUT2D eigenvalue weighted by molar-refractivity contribution is 7.89. The van der Waals surface area contributed by atoms with Crippen LogP contribution >= 0.6 is 0 Å². The van der Waals surface area contributed by atoms with E-state index in [0.717, 1.165) is 0 Å². The Bertz CT molecular complexity index is 911. The Kier molecular flexibility index (Phi) is 6.06. The Morgan fingerprint density at radius 3 is 2.27 bits per heavy atom. The van der Waals surface area contributed by atoms with Gasteiger partial charge in [0, 0.05) is 11.3 Å². The van der Waals surface area contributed by atoms with Crippen molar-refractivity contribution in [1.29, 1.82) is 0 Å². The average molecular weight is 380 g/mol. The number of carbonyl (C=O) groups excluding carboxylic acids is 1. The molecule has 0 aromatic heterocycles. The highest BCUT2D eigenvalue weighted by Gasteiger charge is 2.17. The van der Waals surface area contributed by atoms with Crippen molar-refractivity contribution in [3.63, 3.8) is 0 Å². The molecular formula is C17H20N2O6S. The molecule has 26 heavy (non-hydrogen) atoms. The smallest absolute Gasteiger partial charge is 0.255 e. The summed E-state index contributed by atoms with van der Waals surface area (Å²) in [4.78, 5) is 12.2. The molecule has 0 bridgehead atoms. The minimum Gasteiger partial charge on any atom is -0.495 e. The minimum absolute atomic E-state index is 0.0910. The van der Waals surface area contributed by atoms with E-state index in [1.807, 2.05) is 6.92 Å². The molecule has 9 heteroatoms. The Labute approximate surface area is 151 Å². The number of carbonyl (C=O) groups is 1. The summed E-state index contributed by atoms with van der Waals surface area (Å²) in [5, 5.41) is 7.79. The Balaban J connectivity index is 2.30. The molecule has 0 saturated heterocycles. The highest BCUT2D eigenvalue weighted by Crippen LogP contribution is 2.29. The molecule has 0 unspecified atom stereocenters. The zero-order chi connectivity index (χ0) is 19.3. The van der Waals surface area contributed by atoms with E-state index in [1.165, 1.54) is 38.5 Å². The minimum atomic E-state index is -4.00. The van der Waals surface area contributed by atoms with E-state index in [-0.39, 0.29) is 16.3 Å². The number of nitrogens with one attached hydrogen (secondary N) is 1. The second-order valence-corrected chi connectivity index (χ2v) is 6.69. The lowest BCUT2D eigenvalue weighted by molar-refractivity contribution is 0.102. The van der Waals surface area contributed by atoms with Crippen molar-refractivity contribution in [3.8, 4) is 17.2 Å². The fourth-order valence-corrected chi connectivity index (χ4v) is 2.99. The maximum atomic E-state index is 12.4. The molecule has 0 heterocycles. The van der Waals surface area contributed by atoms with Crippen LogP contribution in [0, 0.1) is 0 Å². The van der Waals surface area contributed by atoms with E-state index in [4.69, 9.17) is 19.3 Å². The van der Waals surface area contributed by atoms with Crippen molar-refractivity contribution in [2.75, 3.05) is 26.1 Å². The zero-order valence-electron chi connectivity index (χ0n) is 14.6. The Morgan fingerprint density at radius 1 is 1.04 bits per heavy atom. The van der Waals surface area contributed by atoms with Crippen LogP contribution < -0.4 is 24.7 Å². The normalized spacial score (nSPS) is 10.9. The molecule has 0 radical (unpaired) electrons. The standard InChI is InChI=1S/C17H20N2O6S/c1-4-25-13-7-5-11(9-15(13)24-3)17(20)19-12-6-8-14(23-2)16(10-12)26(18,21)22/h5-10H,4H2,1-3H3,(H,19,20)(H2,18,21,22). The number of ether oxygens (including phenoxy) is 3. The molecule has 140 valence electrons. The van der Waals surface area contributed by atoms with Crippen molar-refractivity contribution in [2.24, 2.45) is 5.14 Å². The summed E-state index contributed by atoms with van der Waals surface area (Å²) in [6.07, 6.45) is 0. The van der Waals surface area contributed by atoms with Gasteiger partial charge in [-0.2, -0.15) is 0 Å². The molecule has 0 saturated carbocycles. The number of sulfonamides is 1. The van der Waals surface area contributed by atoms with Gasteiger partial charge in [-0.05, 0) is 43.3 Å². The van der Waals surface area contributed by atoms with Crippen LogP contribution in [0.15, 0.2) is 41.3 Å². The maximum Gasteiger partial charge on any atom is 0.255 e. The first-order chi connectivity index (χ1) is 12.3. The number of anilines is 1. The molecule has 0 atom stereocenters. The first-order valence-electron chi connectivity index (χ1n) is 7.63. The molecule has 3 N–H and O–H groups in total. The number of hydrogen-bond donors (Lipinski definition) is 2. The largest absolute Gasteiger partial charge is 0.495 e. The second kappa shape index (κ2) is 8.07. The van der Waals surface area contributed by atoms with Crippen LogP contribution in [0.1, 0.15) is 17.3 Å². The molecule has 0 aliphatic rings. The lowest BCUT2D eigenvalue weighted by atomic mass is 10.2. The summed E-state index contributed by atoms with van der Waals surface area (Å²) in [5.74, 6) is 0.581. The lowest BCUT2D eigenvalue weighted by Crippen LogP contribution is -2.16. The van der Waals surface area contributed by atoms with Gasteiger partial charge in [0.2, 0.25) is 10.0 Å². The second-order valence-electron chi connectivity index (χ2n) is 5.16. The number of amides is 1. The van der Waals surface area contributed by atoms with Crippen LogP contribution in [-0.2, 0) is 10.0 Å². The van der Waals surface area contributed by atoms with Gasteiger partial charge in [0.25, 0.3) is 5.91 Å². The summed E-state index contributed by atoms with van der Waals surface area (Å²) in [5.41, 5.74) is 0.575. The van der Waals surface area contributed by atoms with Crippen LogP contribution in [0.5, 0.6) is 17.2 Å². The summed E-state index contributed by atoms with van der Waals surface area (Å²) < 4.78 is 38.9. The highest BCUT2D eigenvalue weighted by atomic mass is 32.2. The molecule has 0 spiro atoms. The molecule has 2 aromatic rings. The molecule has 0 fully saturated rings. The number of primary sulfonamides is 1. The molecule has 1 amide bonds. The van der Waals surface area contributed by atoms with Crippen LogP contribution in [0.3, 0.4) is 0 Å². The third-order valence-corrected chi connectivity index (χ3v) is 4.39. The predicted molar refractivity (Wildman–Crippen MR) is 96.5 cm³/mol. The number of nitrogens with two attached hydrogens (primary N) is 1. The third kappa shape index (κ3) is 4.44. The van der Waals surface area contributed by atoms with Gasteiger partial charge in [0.05, 0.1) is 20.8 Å². The van der Waals surface area contributed by atoms with E-state index >= 15 is 0 Å². The molecule has 8 nitrogen and oxygen atoms in total. The first kappa shape index (κ1) is 19.5. The summed E-state index contributed by atoms with van der Waals surface area (Å²) in [6, 6.07) is 8.89. The molecule has 0 aliphatic carbocycles. The lowest BCUT2D eigenvalue weighted by Gasteiger charge is -2.12. The van der Waals surface area contributed by atoms with Gasteiger partial charge in [0.15, 0.2) is 11.5 Å². The summed E-state index contributed by atoms with van der Waals surface area (Å²) in [6.45, 7) is 2.30. The number of methoxy groups -OCH3 is 2. The zero-order valence-corrected chi connectivity index (χ0v) is 15.4. The molecular weight excluding hydrogens is 360 g/mol. The summed E-state index contributed by atoms with van der Waals surface area (Å²) in [7, 11) is -1.20. The number of rotatable bonds is 7. The summed E-state index contributed by atoms with van der Waals surface area (Å²) >= 11 is 0. The van der Waals surface area contributed by atoms with Gasteiger partial charge in [0.1, 0.15) is 10.6 Å². The van der Waals surface area contributed by atoms with E-state index in [9.17, 15) is 13.2 Å². The van der Waals surface area contributed by atoms with Crippen LogP contribution in [0.2, 0.25) is 0 Å². The van der Waals surface area contributed by atoms with Gasteiger partial charge in [-0.1, -0.05) is 0 Å². The predicted octanol–water partition coefficient (Wildman–Crippen LogP) is 2.00. The topological polar surface area (TPSA) is 117 Å². The monoisotopic (exact) mass is 380 g/mol. The van der Waals surface area contributed by atoms with Crippen LogP contribution in [0.25, 0.3) is 0 Å². The average Bonchev–Trinajstić information content (AvgIpc) is 2.61. The maximum absolute atomic E-state index is 12.4. The van der Waals surface area contributed by atoms with Gasteiger partial charge >= 0.3 is 0 Å². The number of benzene rings is 2. The van der Waals surface area contributed by atoms with Crippen molar-refractivity contribution in [2.45, 2.75) is 11.8 Å². The van der Waals surface area contributed by atoms with E-state index < -0.39 is 15.9 Å². The fourth-order valence-electron chi connectivity index (χ4n) is 2.26. The molecule has 2 aromatic carbocycles. The fraction of sp³-hybridized carbons (Fsp3) is 0.235. The first-order valence-corrected chi connectivity index (χ1v) is 9.17. The Morgan fingerprint density at radius 2 is 1.69 bits per heavy atom. The van der Waals surface area contributed by atoms with Crippen molar-refractivity contribution < 1.29 is 27.4 Å². The van der Waals surface area contributed by atoms with E-state index in [1.54, 1.807) is 12.1 Å². The van der Waals surface area contributed by atoms with Crippen molar-refractivity contribution in [3.05, 3.63) is 42.0 Å². The quantitative estimate of drug-likeness (QED) is 0.759. The number of hydrogen-bond acceptors (Lipinski definition) is 6. The van der Waals surface area contributed by atoms with Gasteiger partial charge < -0.3 is 19.5 Å². The van der Waals surface area contributed by atoms with E-state index in [0.29, 0.717) is 23.7 Å².